The molecule has 1 aromatic rings. The molecule has 150 valence electrons. The van der Waals surface area contributed by atoms with Gasteiger partial charge in [0.25, 0.3) is 5.69 Å². The third-order valence-electron chi connectivity index (χ3n) is 4.71. The van der Waals surface area contributed by atoms with Crippen molar-refractivity contribution in [1.82, 2.24) is 0 Å². The van der Waals surface area contributed by atoms with Crippen LogP contribution >= 0.6 is 0 Å². The van der Waals surface area contributed by atoms with Crippen LogP contribution in [0.2, 0.25) is 0 Å². The fourth-order valence-corrected chi connectivity index (χ4v) is 2.86. The highest BCUT2D eigenvalue weighted by Crippen LogP contribution is 2.22. The van der Waals surface area contributed by atoms with Crippen molar-refractivity contribution >= 4 is 23.3 Å². The van der Waals surface area contributed by atoms with E-state index in [9.17, 15) is 24.8 Å². The third kappa shape index (κ3) is 7.74. The number of non-ortho nitro benzene ring substituents is 1. The number of carboxylic acids is 1. The zero-order valence-corrected chi connectivity index (χ0v) is 16.2. The molecule has 0 saturated carbocycles. The van der Waals surface area contributed by atoms with E-state index in [-0.39, 0.29) is 12.1 Å². The minimum Gasteiger partial charge on any atom is -0.544 e. The number of benzene rings is 1. The van der Waals surface area contributed by atoms with E-state index in [1.807, 2.05) is 0 Å². The highest BCUT2D eigenvalue weighted by atomic mass is 16.6. The Kier molecular flexibility index (Phi) is 9.42. The van der Waals surface area contributed by atoms with Crippen LogP contribution in [-0.2, 0) is 9.59 Å². The lowest BCUT2D eigenvalue weighted by atomic mass is 9.99. The summed E-state index contributed by atoms with van der Waals surface area (Å²) in [6.45, 7) is 6.51. The molecule has 2 atom stereocenters. The number of carboxylic acid groups (broad SMARTS) is 1. The Hall–Kier alpha value is -2.48. The summed E-state index contributed by atoms with van der Waals surface area (Å²) in [4.78, 5) is 34.0. The molecule has 0 spiro atoms. The maximum atomic E-state index is 12.3. The lowest BCUT2D eigenvalue weighted by Gasteiger charge is -2.20. The minimum atomic E-state index is -1.29. The summed E-state index contributed by atoms with van der Waals surface area (Å²) in [5, 5.41) is 26.5. The van der Waals surface area contributed by atoms with Gasteiger partial charge in [-0.15, -0.1) is 0 Å². The minimum absolute atomic E-state index is 0.138. The zero-order valence-electron chi connectivity index (χ0n) is 16.2. The van der Waals surface area contributed by atoms with Gasteiger partial charge in [0.1, 0.15) is 6.04 Å². The van der Waals surface area contributed by atoms with E-state index in [4.69, 9.17) is 0 Å². The predicted molar refractivity (Wildman–Crippen MR) is 100.0 cm³/mol. The quantitative estimate of drug-likeness (QED) is 0.415. The molecule has 8 heteroatoms. The highest BCUT2D eigenvalue weighted by Gasteiger charge is 2.21. The fraction of sp³-hybridized carbons (Fsp3) is 0.579. The van der Waals surface area contributed by atoms with Crippen molar-refractivity contribution in [3.05, 3.63) is 33.9 Å². The summed E-state index contributed by atoms with van der Waals surface area (Å²) < 4.78 is 0. The number of rotatable bonds is 12. The van der Waals surface area contributed by atoms with Crippen LogP contribution < -0.4 is 15.7 Å². The Morgan fingerprint density at radius 1 is 1.30 bits per heavy atom. The van der Waals surface area contributed by atoms with Crippen molar-refractivity contribution in [1.29, 1.82) is 0 Å². The standard InChI is InChI=1S/C19H29N3O5/c1-4-6-7-14(5-2)12-20-17(19(24)25)11-18(23)21-16-10-15(22(26)27)9-8-13(16)3/h8-10,14,17,20H,4-7,11-12H2,1-3H3,(H,21,23)(H,24,25)/t14-,17-/m1/s1. The topological polar surface area (TPSA) is 129 Å². The molecule has 0 aromatic heterocycles. The van der Waals surface area contributed by atoms with Gasteiger partial charge < -0.3 is 20.5 Å². The number of carbonyl (C=O) groups excluding carboxylic acids is 2. The number of unbranched alkanes of at least 4 members (excludes halogenated alkanes) is 1. The van der Waals surface area contributed by atoms with Crippen LogP contribution in [0.25, 0.3) is 0 Å². The number of nitrogens with one attached hydrogen (secondary N) is 1. The molecule has 8 nitrogen and oxygen atoms in total. The number of nitrogens with zero attached hydrogens (tertiary/aromatic N) is 1. The molecular weight excluding hydrogens is 350 g/mol. The molecule has 0 saturated heterocycles. The molecule has 0 fully saturated rings. The first-order chi connectivity index (χ1) is 12.8. The normalized spacial score (nSPS) is 13.0. The first kappa shape index (κ1) is 22.6. The van der Waals surface area contributed by atoms with Gasteiger partial charge in [-0.1, -0.05) is 32.8 Å². The number of carbonyl (C=O) groups is 2. The maximum Gasteiger partial charge on any atom is 0.271 e. The van der Waals surface area contributed by atoms with Crippen molar-refractivity contribution in [3.63, 3.8) is 0 Å². The second-order valence-corrected chi connectivity index (χ2v) is 6.82. The van der Waals surface area contributed by atoms with Gasteiger partial charge in [-0.05, 0) is 25.3 Å². The van der Waals surface area contributed by atoms with E-state index < -0.39 is 22.8 Å². The number of hydrogen-bond acceptors (Lipinski definition) is 5. The van der Waals surface area contributed by atoms with Crippen LogP contribution in [0.5, 0.6) is 0 Å². The lowest BCUT2D eigenvalue weighted by Crippen LogP contribution is -2.94. The maximum absolute atomic E-state index is 12.3. The van der Waals surface area contributed by atoms with E-state index >= 15 is 0 Å². The van der Waals surface area contributed by atoms with Crippen molar-refractivity contribution in [2.24, 2.45) is 5.92 Å². The number of aliphatic carboxylic acids is 1. The van der Waals surface area contributed by atoms with Gasteiger partial charge in [-0.2, -0.15) is 0 Å². The van der Waals surface area contributed by atoms with Crippen molar-refractivity contribution in [2.45, 2.75) is 58.9 Å². The molecule has 1 aromatic carbocycles. The molecule has 0 aliphatic rings. The number of nitro groups is 1. The molecule has 27 heavy (non-hydrogen) atoms. The molecule has 0 bridgehead atoms. The summed E-state index contributed by atoms with van der Waals surface area (Å²) in [7, 11) is 0. The van der Waals surface area contributed by atoms with Gasteiger partial charge in [-0.3, -0.25) is 14.9 Å². The van der Waals surface area contributed by atoms with Crippen molar-refractivity contribution in [2.75, 3.05) is 11.9 Å². The summed E-state index contributed by atoms with van der Waals surface area (Å²) in [5.41, 5.74) is 0.829. The predicted octanol–water partition coefficient (Wildman–Crippen LogP) is 1.13. The number of nitrogens with two attached hydrogens (primary N) is 1. The molecule has 3 N–H and O–H groups in total. The summed E-state index contributed by atoms with van der Waals surface area (Å²) >= 11 is 0. The number of aryl methyl sites for hydroxylation is 1. The second kappa shape index (κ2) is 11.3. The summed E-state index contributed by atoms with van der Waals surface area (Å²) in [6.07, 6.45) is 3.91. The third-order valence-corrected chi connectivity index (χ3v) is 4.71. The molecule has 0 unspecified atom stereocenters. The van der Waals surface area contributed by atoms with Crippen LogP contribution in [0, 0.1) is 23.0 Å². The van der Waals surface area contributed by atoms with E-state index in [1.165, 1.54) is 18.2 Å². The number of anilines is 1. The first-order valence-corrected chi connectivity index (χ1v) is 9.37. The van der Waals surface area contributed by atoms with Gasteiger partial charge in [-0.25, -0.2) is 0 Å². The van der Waals surface area contributed by atoms with Crippen LogP contribution in [0.4, 0.5) is 11.4 Å². The molecule has 1 rings (SSSR count). The largest absolute Gasteiger partial charge is 0.544 e. The molecule has 0 heterocycles. The highest BCUT2D eigenvalue weighted by molar-refractivity contribution is 5.94. The Morgan fingerprint density at radius 3 is 2.56 bits per heavy atom. The number of hydrogen-bond donors (Lipinski definition) is 2. The Bertz CT molecular complexity index is 663. The smallest absolute Gasteiger partial charge is 0.271 e. The van der Waals surface area contributed by atoms with E-state index in [0.29, 0.717) is 23.7 Å². The Balaban J connectivity index is 2.69. The molecule has 1 amide bonds. The second-order valence-electron chi connectivity index (χ2n) is 6.82. The van der Waals surface area contributed by atoms with E-state index in [1.54, 1.807) is 12.2 Å². The number of nitro benzene ring substituents is 1. The molecule has 0 radical (unpaired) electrons. The molecular formula is C19H29N3O5. The van der Waals surface area contributed by atoms with Gasteiger partial charge in [0, 0.05) is 18.1 Å². The Labute approximate surface area is 159 Å². The zero-order chi connectivity index (χ0) is 20.4. The van der Waals surface area contributed by atoms with Crippen LogP contribution in [-0.4, -0.2) is 29.4 Å². The fourth-order valence-electron chi connectivity index (χ4n) is 2.86. The van der Waals surface area contributed by atoms with Crippen molar-refractivity contribution in [3.8, 4) is 0 Å². The average Bonchev–Trinajstić information content (AvgIpc) is 2.62. The summed E-state index contributed by atoms with van der Waals surface area (Å²) in [6, 6.07) is 3.17. The van der Waals surface area contributed by atoms with Crippen molar-refractivity contribution < 1.29 is 24.9 Å². The first-order valence-electron chi connectivity index (χ1n) is 9.37. The monoisotopic (exact) mass is 379 g/mol. The average molecular weight is 379 g/mol. The van der Waals surface area contributed by atoms with Gasteiger partial charge in [0.15, 0.2) is 0 Å². The number of amides is 1. The van der Waals surface area contributed by atoms with Crippen LogP contribution in [0.1, 0.15) is 51.5 Å². The molecule has 0 aliphatic heterocycles. The van der Waals surface area contributed by atoms with Gasteiger partial charge in [0.2, 0.25) is 5.91 Å². The van der Waals surface area contributed by atoms with E-state index in [2.05, 4.69) is 19.2 Å². The van der Waals surface area contributed by atoms with Crippen LogP contribution in [0.15, 0.2) is 18.2 Å². The van der Waals surface area contributed by atoms with Gasteiger partial charge in [0.05, 0.1) is 29.5 Å². The Morgan fingerprint density at radius 2 is 2.00 bits per heavy atom. The summed E-state index contributed by atoms with van der Waals surface area (Å²) in [5.74, 6) is -1.40. The molecule has 0 aliphatic carbocycles. The van der Waals surface area contributed by atoms with Gasteiger partial charge >= 0.3 is 0 Å². The lowest BCUT2D eigenvalue weighted by molar-refractivity contribution is -0.687. The van der Waals surface area contributed by atoms with Crippen LogP contribution in [0.3, 0.4) is 0 Å². The SMILES string of the molecule is CCCC[C@@H](CC)C[NH2+][C@H](CC(=O)Nc1cc([N+](=O)[O-])ccc1C)C(=O)[O-]. The number of quaternary nitrogens is 1. The van der Waals surface area contributed by atoms with E-state index in [0.717, 1.165) is 25.7 Å².